The first-order valence-corrected chi connectivity index (χ1v) is 11.4. The summed E-state index contributed by atoms with van der Waals surface area (Å²) < 4.78 is 31.4. The van der Waals surface area contributed by atoms with E-state index >= 15 is 0 Å². The van der Waals surface area contributed by atoms with E-state index in [0.717, 1.165) is 36.2 Å². The van der Waals surface area contributed by atoms with Crippen LogP contribution in [0.15, 0.2) is 24.3 Å². The maximum absolute atomic E-state index is 11.8. The van der Waals surface area contributed by atoms with Crippen molar-refractivity contribution in [1.29, 1.82) is 0 Å². The summed E-state index contributed by atoms with van der Waals surface area (Å²) in [5.41, 5.74) is 3.10. The molecule has 1 aliphatic carbocycles. The molecule has 9 nitrogen and oxygen atoms in total. The van der Waals surface area contributed by atoms with Crippen LogP contribution in [0.5, 0.6) is 0 Å². The Hall–Kier alpha value is -2.75. The third-order valence-electron chi connectivity index (χ3n) is 5.10. The molecule has 0 saturated heterocycles. The Kier molecular flexibility index (Phi) is 5.12. The number of carbonyl (C=O) groups is 1. The number of alkyl carbamates (subject to hydrolysis) is 1. The number of ether oxygens (including phenoxy) is 1. The van der Waals surface area contributed by atoms with Crippen molar-refractivity contribution in [3.63, 3.8) is 0 Å². The molecule has 1 saturated carbocycles. The number of sulfonamides is 1. The fourth-order valence-corrected chi connectivity index (χ4v) is 5.05. The van der Waals surface area contributed by atoms with Crippen LogP contribution in [0.25, 0.3) is 0 Å². The number of anilines is 3. The van der Waals surface area contributed by atoms with Gasteiger partial charge in [0.1, 0.15) is 6.10 Å². The third-order valence-corrected chi connectivity index (χ3v) is 6.32. The molecule has 0 spiro atoms. The molecule has 1 fully saturated rings. The van der Waals surface area contributed by atoms with Crippen molar-refractivity contribution >= 4 is 33.3 Å². The minimum Gasteiger partial charge on any atom is -0.446 e. The van der Waals surface area contributed by atoms with Gasteiger partial charge in [-0.05, 0) is 50.8 Å². The lowest BCUT2D eigenvalue weighted by Crippen LogP contribution is -2.33. The maximum Gasteiger partial charge on any atom is 0.407 e. The number of carbonyl (C=O) groups excluding carboxylic acids is 1. The smallest absolute Gasteiger partial charge is 0.407 e. The van der Waals surface area contributed by atoms with Gasteiger partial charge in [0.2, 0.25) is 10.0 Å². The van der Waals surface area contributed by atoms with Gasteiger partial charge in [-0.2, -0.15) is 5.10 Å². The van der Waals surface area contributed by atoms with Crippen molar-refractivity contribution in [2.45, 2.75) is 56.9 Å². The summed E-state index contributed by atoms with van der Waals surface area (Å²) in [4.78, 5) is 11.8. The predicted molar refractivity (Wildman–Crippen MR) is 110 cm³/mol. The first kappa shape index (κ1) is 19.6. The van der Waals surface area contributed by atoms with Gasteiger partial charge in [0, 0.05) is 29.4 Å². The number of aromatic amines is 1. The maximum atomic E-state index is 11.8. The van der Waals surface area contributed by atoms with Crippen molar-refractivity contribution < 1.29 is 17.9 Å². The zero-order valence-electron chi connectivity index (χ0n) is 16.4. The van der Waals surface area contributed by atoms with Gasteiger partial charge in [-0.25, -0.2) is 13.2 Å². The molecule has 1 aliphatic heterocycles. The van der Waals surface area contributed by atoms with Crippen LogP contribution in [0.2, 0.25) is 0 Å². The van der Waals surface area contributed by atoms with Crippen LogP contribution >= 0.6 is 0 Å². The minimum atomic E-state index is -3.26. The van der Waals surface area contributed by atoms with Gasteiger partial charge in [-0.3, -0.25) is 9.82 Å². The Bertz CT molecular complexity index is 1020. The van der Waals surface area contributed by atoms with Crippen molar-refractivity contribution in [3.8, 4) is 0 Å². The number of benzene rings is 1. The molecule has 4 N–H and O–H groups in total. The van der Waals surface area contributed by atoms with E-state index in [1.165, 1.54) is 0 Å². The van der Waals surface area contributed by atoms with Crippen molar-refractivity contribution in [3.05, 3.63) is 35.5 Å². The summed E-state index contributed by atoms with van der Waals surface area (Å²) in [6.45, 7) is 3.79. The molecule has 1 aromatic heterocycles. The quantitative estimate of drug-likeness (QED) is 0.590. The fourth-order valence-electron chi connectivity index (χ4n) is 3.79. The second-order valence-corrected chi connectivity index (χ2v) is 9.63. The molecule has 0 unspecified atom stereocenters. The number of hydrogen-bond donors (Lipinski definition) is 4. The van der Waals surface area contributed by atoms with Crippen molar-refractivity contribution in [2.24, 2.45) is 0 Å². The van der Waals surface area contributed by atoms with Crippen molar-refractivity contribution in [2.75, 3.05) is 10.0 Å². The molecule has 10 heteroatoms. The average molecular weight is 420 g/mol. The van der Waals surface area contributed by atoms with E-state index in [0.29, 0.717) is 11.5 Å². The lowest BCUT2D eigenvalue weighted by Gasteiger charge is -2.14. The molecule has 1 aromatic carbocycles. The van der Waals surface area contributed by atoms with E-state index in [2.05, 4.69) is 25.6 Å². The molecule has 2 heterocycles. The van der Waals surface area contributed by atoms with Crippen molar-refractivity contribution in [1.82, 2.24) is 15.5 Å². The molecule has 2 atom stereocenters. The Labute approximate surface area is 169 Å². The van der Waals surface area contributed by atoms with E-state index < -0.39 is 10.0 Å². The average Bonchev–Trinajstić information content (AvgIpc) is 3.31. The number of nitrogens with one attached hydrogen (secondary N) is 4. The van der Waals surface area contributed by atoms with Gasteiger partial charge in [-0.1, -0.05) is 6.07 Å². The summed E-state index contributed by atoms with van der Waals surface area (Å²) in [7, 11) is -3.26. The number of hydrogen-bond acceptors (Lipinski definition) is 6. The molecule has 2 aromatic rings. The predicted octanol–water partition coefficient (Wildman–Crippen LogP) is 3.18. The van der Waals surface area contributed by atoms with Crippen LogP contribution in [0, 0.1) is 0 Å². The van der Waals surface area contributed by atoms with Crippen LogP contribution in [0.4, 0.5) is 22.0 Å². The van der Waals surface area contributed by atoms with Gasteiger partial charge >= 0.3 is 6.09 Å². The van der Waals surface area contributed by atoms with Crippen LogP contribution in [0.3, 0.4) is 0 Å². The first-order chi connectivity index (χ1) is 13.8. The van der Waals surface area contributed by atoms with E-state index in [4.69, 9.17) is 4.74 Å². The standard InChI is InChI=1S/C19H25N5O4S/c1-11(2)20-19(25)28-15-6-4-12(7-15)16-9-18(23-22-16)21-14-5-3-13-10-29(26,27)24-17(13)8-14/h3,5,8-9,11-12,15,24H,4,6-7,10H2,1-2H3,(H,20,25)(H2,21,22,23)/t12-,15+/m0/s1. The molecular weight excluding hydrogens is 394 g/mol. The second kappa shape index (κ2) is 7.58. The fraction of sp³-hybridized carbons (Fsp3) is 0.474. The SMILES string of the molecule is CC(C)NC(=O)O[C@@H]1CC[C@H](c2cc(Nc3ccc4c(c3)NS(=O)(=O)C4)n[nH]2)C1. The number of fused-ring (bicyclic) bond motifs is 1. The minimum absolute atomic E-state index is 0.00920. The Morgan fingerprint density at radius 2 is 2.10 bits per heavy atom. The summed E-state index contributed by atoms with van der Waals surface area (Å²) >= 11 is 0. The molecular formula is C19H25N5O4S. The van der Waals surface area contributed by atoms with Gasteiger partial charge < -0.3 is 15.4 Å². The molecule has 29 heavy (non-hydrogen) atoms. The Morgan fingerprint density at radius 3 is 2.90 bits per heavy atom. The lowest BCUT2D eigenvalue weighted by molar-refractivity contribution is 0.0981. The Balaban J connectivity index is 1.36. The monoisotopic (exact) mass is 419 g/mol. The van der Waals surface area contributed by atoms with Crippen LogP contribution in [-0.4, -0.2) is 36.9 Å². The normalized spacial score (nSPS) is 22.2. The molecule has 2 aliphatic rings. The largest absolute Gasteiger partial charge is 0.446 e. The highest BCUT2D eigenvalue weighted by Gasteiger charge is 2.30. The number of amides is 1. The molecule has 156 valence electrons. The zero-order valence-corrected chi connectivity index (χ0v) is 17.2. The third kappa shape index (κ3) is 4.64. The summed E-state index contributed by atoms with van der Waals surface area (Å²) in [6.07, 6.45) is 2.03. The summed E-state index contributed by atoms with van der Waals surface area (Å²) in [6, 6.07) is 7.39. The topological polar surface area (TPSA) is 125 Å². The highest BCUT2D eigenvalue weighted by molar-refractivity contribution is 7.92. The van der Waals surface area contributed by atoms with E-state index in [1.54, 1.807) is 12.1 Å². The summed E-state index contributed by atoms with van der Waals surface area (Å²) in [5.74, 6) is 0.916. The Morgan fingerprint density at radius 1 is 1.28 bits per heavy atom. The summed E-state index contributed by atoms with van der Waals surface area (Å²) in [5, 5.41) is 13.3. The number of H-pyrrole nitrogens is 1. The molecule has 1 amide bonds. The highest BCUT2D eigenvalue weighted by Crippen LogP contribution is 2.36. The van der Waals surface area contributed by atoms with Crippen LogP contribution in [-0.2, 0) is 20.5 Å². The van der Waals surface area contributed by atoms with Crippen LogP contribution < -0.4 is 15.4 Å². The van der Waals surface area contributed by atoms with Gasteiger partial charge in [0.25, 0.3) is 0 Å². The number of nitrogens with zero attached hydrogens (tertiary/aromatic N) is 1. The van der Waals surface area contributed by atoms with E-state index in [9.17, 15) is 13.2 Å². The van der Waals surface area contributed by atoms with Gasteiger partial charge in [0.15, 0.2) is 5.82 Å². The first-order valence-electron chi connectivity index (χ1n) is 9.70. The molecule has 4 rings (SSSR count). The molecule has 0 bridgehead atoms. The van der Waals surface area contributed by atoms with E-state index in [-0.39, 0.29) is 29.9 Å². The van der Waals surface area contributed by atoms with E-state index in [1.807, 2.05) is 26.0 Å². The number of aromatic nitrogens is 2. The second-order valence-electron chi connectivity index (χ2n) is 7.90. The lowest BCUT2D eigenvalue weighted by atomic mass is 10.0. The zero-order chi connectivity index (χ0) is 20.6. The van der Waals surface area contributed by atoms with Gasteiger partial charge in [0.05, 0.1) is 11.4 Å². The highest BCUT2D eigenvalue weighted by atomic mass is 32.2. The van der Waals surface area contributed by atoms with Gasteiger partial charge in [-0.15, -0.1) is 0 Å². The number of rotatable bonds is 5. The van der Waals surface area contributed by atoms with Crippen LogP contribution in [0.1, 0.15) is 50.3 Å². The molecule has 0 radical (unpaired) electrons.